The monoisotopic (exact) mass is 341 g/mol. The Labute approximate surface area is 144 Å². The summed E-state index contributed by atoms with van der Waals surface area (Å²) in [7, 11) is 0. The average molecular weight is 341 g/mol. The van der Waals surface area contributed by atoms with Crippen LogP contribution in [0.4, 0.5) is 5.69 Å². The summed E-state index contributed by atoms with van der Waals surface area (Å²) in [6, 6.07) is 5.75. The summed E-state index contributed by atoms with van der Waals surface area (Å²) in [6.07, 6.45) is 0.225. The van der Waals surface area contributed by atoms with Gasteiger partial charge in [0.25, 0.3) is 0 Å². The van der Waals surface area contributed by atoms with Crippen molar-refractivity contribution in [3.8, 4) is 10.8 Å². The molecule has 0 aliphatic carbocycles. The van der Waals surface area contributed by atoms with Gasteiger partial charge in [-0.15, -0.1) is 11.3 Å². The second-order valence-electron chi connectivity index (χ2n) is 5.82. The van der Waals surface area contributed by atoms with Gasteiger partial charge in [-0.2, -0.15) is 0 Å². The van der Waals surface area contributed by atoms with Crippen molar-refractivity contribution in [2.75, 3.05) is 5.32 Å². The van der Waals surface area contributed by atoms with Crippen LogP contribution in [-0.4, -0.2) is 15.9 Å². The zero-order valence-corrected chi connectivity index (χ0v) is 15.0. The topological polar surface area (TPSA) is 68.0 Å². The second-order valence-corrected chi connectivity index (χ2v) is 6.68. The molecule has 0 atom stereocenters. The molecule has 124 valence electrons. The maximum absolute atomic E-state index is 12.3. The summed E-state index contributed by atoms with van der Waals surface area (Å²) in [5.74, 6) is 1.48. The van der Waals surface area contributed by atoms with Gasteiger partial charge in [0.2, 0.25) is 5.91 Å². The number of rotatable bonds is 4. The van der Waals surface area contributed by atoms with Crippen LogP contribution in [0.2, 0.25) is 0 Å². The lowest BCUT2D eigenvalue weighted by Crippen LogP contribution is -2.17. The Kier molecular flexibility index (Phi) is 4.49. The number of carbonyl (C=O) groups excluding carboxylic acids is 1. The Morgan fingerprint density at radius 2 is 2.00 bits per heavy atom. The number of hydrogen-bond acceptors (Lipinski definition) is 5. The minimum absolute atomic E-state index is 0.0978. The fourth-order valence-corrected chi connectivity index (χ4v) is 3.39. The summed E-state index contributed by atoms with van der Waals surface area (Å²) in [4.78, 5) is 21.2. The van der Waals surface area contributed by atoms with Gasteiger partial charge in [0, 0.05) is 11.1 Å². The van der Waals surface area contributed by atoms with E-state index < -0.39 is 0 Å². The summed E-state index contributed by atoms with van der Waals surface area (Å²) in [6.45, 7) is 7.71. The minimum Gasteiger partial charge on any atom is -0.459 e. The zero-order chi connectivity index (χ0) is 17.3. The van der Waals surface area contributed by atoms with E-state index in [4.69, 9.17) is 4.42 Å². The fourth-order valence-electron chi connectivity index (χ4n) is 2.61. The number of thiazole rings is 1. The van der Waals surface area contributed by atoms with Crippen molar-refractivity contribution in [3.05, 3.63) is 52.0 Å². The van der Waals surface area contributed by atoms with Gasteiger partial charge in [0.05, 0.1) is 23.5 Å². The quantitative estimate of drug-likeness (QED) is 0.772. The van der Waals surface area contributed by atoms with E-state index in [1.54, 1.807) is 0 Å². The lowest BCUT2D eigenvalue weighted by atomic mass is 10.1. The molecule has 6 heteroatoms. The molecule has 0 bridgehead atoms. The highest BCUT2D eigenvalue weighted by molar-refractivity contribution is 7.13. The van der Waals surface area contributed by atoms with Crippen molar-refractivity contribution in [2.45, 2.75) is 34.1 Å². The Balaban J connectivity index is 1.71. The van der Waals surface area contributed by atoms with Crippen LogP contribution < -0.4 is 5.32 Å². The van der Waals surface area contributed by atoms with E-state index >= 15 is 0 Å². The third-order valence-corrected chi connectivity index (χ3v) is 4.54. The third-order valence-electron chi connectivity index (χ3n) is 3.63. The predicted molar refractivity (Wildman–Crippen MR) is 95.3 cm³/mol. The van der Waals surface area contributed by atoms with Crippen molar-refractivity contribution >= 4 is 22.9 Å². The number of furan rings is 1. The predicted octanol–water partition coefficient (Wildman–Crippen LogP) is 4.21. The fraction of sp³-hybridized carbons (Fsp3) is 0.278. The van der Waals surface area contributed by atoms with Crippen molar-refractivity contribution in [1.82, 2.24) is 9.97 Å². The summed E-state index contributed by atoms with van der Waals surface area (Å²) in [5.41, 5.74) is 4.30. The van der Waals surface area contributed by atoms with Gasteiger partial charge >= 0.3 is 0 Å². The van der Waals surface area contributed by atoms with Gasteiger partial charge in [-0.05, 0) is 51.5 Å². The standard InChI is InChI=1S/C18H19N3O2S/c1-10-7-11(2)19-13(4)17(10)21-16(22)8-14-9-24-18(20-14)15-6-5-12(3)23-15/h5-7,9H,8H2,1-4H3,(H,21,22). The molecule has 0 saturated heterocycles. The van der Waals surface area contributed by atoms with Crippen molar-refractivity contribution in [2.24, 2.45) is 0 Å². The highest BCUT2D eigenvalue weighted by atomic mass is 32.1. The van der Waals surface area contributed by atoms with Crippen LogP contribution in [0.1, 0.15) is 28.4 Å². The van der Waals surface area contributed by atoms with E-state index in [0.717, 1.165) is 44.9 Å². The summed E-state index contributed by atoms with van der Waals surface area (Å²) >= 11 is 1.48. The summed E-state index contributed by atoms with van der Waals surface area (Å²) < 4.78 is 5.57. The van der Waals surface area contributed by atoms with Crippen LogP contribution in [0.5, 0.6) is 0 Å². The van der Waals surface area contributed by atoms with Gasteiger partial charge in [-0.3, -0.25) is 9.78 Å². The lowest BCUT2D eigenvalue weighted by Gasteiger charge is -2.11. The molecule has 5 nitrogen and oxygen atoms in total. The maximum Gasteiger partial charge on any atom is 0.230 e. The molecule has 0 saturated carbocycles. The molecule has 0 aliphatic heterocycles. The van der Waals surface area contributed by atoms with Crippen LogP contribution in [-0.2, 0) is 11.2 Å². The van der Waals surface area contributed by atoms with E-state index in [2.05, 4.69) is 15.3 Å². The largest absolute Gasteiger partial charge is 0.459 e. The summed E-state index contributed by atoms with van der Waals surface area (Å²) in [5, 5.41) is 5.62. The number of aromatic nitrogens is 2. The number of anilines is 1. The van der Waals surface area contributed by atoms with Crippen molar-refractivity contribution < 1.29 is 9.21 Å². The smallest absolute Gasteiger partial charge is 0.230 e. The molecular formula is C18H19N3O2S. The van der Waals surface area contributed by atoms with Crippen molar-refractivity contribution in [3.63, 3.8) is 0 Å². The van der Waals surface area contributed by atoms with Gasteiger partial charge < -0.3 is 9.73 Å². The molecule has 0 unspecified atom stereocenters. The van der Waals surface area contributed by atoms with Gasteiger partial charge in [0.15, 0.2) is 10.8 Å². The molecular weight excluding hydrogens is 322 g/mol. The normalized spacial score (nSPS) is 10.8. The van der Waals surface area contributed by atoms with Crippen LogP contribution in [0, 0.1) is 27.7 Å². The number of hydrogen-bond donors (Lipinski definition) is 1. The van der Waals surface area contributed by atoms with Gasteiger partial charge in [0.1, 0.15) is 5.76 Å². The molecule has 1 amide bonds. The van der Waals surface area contributed by atoms with Crippen molar-refractivity contribution in [1.29, 1.82) is 0 Å². The third kappa shape index (κ3) is 3.54. The number of amides is 1. The first kappa shape index (κ1) is 16.4. The maximum atomic E-state index is 12.3. The van der Waals surface area contributed by atoms with Gasteiger partial charge in [-0.1, -0.05) is 0 Å². The lowest BCUT2D eigenvalue weighted by molar-refractivity contribution is -0.115. The average Bonchev–Trinajstić information content (AvgIpc) is 3.12. The molecule has 0 aromatic carbocycles. The number of aryl methyl sites for hydroxylation is 4. The SMILES string of the molecule is Cc1cc(C)c(NC(=O)Cc2csc(-c3ccc(C)o3)n2)c(C)n1. The molecule has 0 radical (unpaired) electrons. The van der Waals surface area contributed by atoms with Crippen LogP contribution >= 0.6 is 11.3 Å². The number of nitrogens with zero attached hydrogens (tertiary/aromatic N) is 2. The minimum atomic E-state index is -0.0978. The molecule has 0 aliphatic rings. The molecule has 3 heterocycles. The van der Waals surface area contributed by atoms with Crippen LogP contribution in [0.15, 0.2) is 28.0 Å². The molecule has 0 spiro atoms. The number of nitrogens with one attached hydrogen (secondary N) is 1. The van der Waals surface area contributed by atoms with E-state index in [1.165, 1.54) is 11.3 Å². The first-order valence-corrected chi connectivity index (χ1v) is 8.56. The van der Waals surface area contributed by atoms with Gasteiger partial charge in [-0.25, -0.2) is 4.98 Å². The highest BCUT2D eigenvalue weighted by Crippen LogP contribution is 2.26. The van der Waals surface area contributed by atoms with Crippen LogP contribution in [0.25, 0.3) is 10.8 Å². The number of pyridine rings is 1. The molecule has 24 heavy (non-hydrogen) atoms. The first-order valence-electron chi connectivity index (χ1n) is 7.68. The second kappa shape index (κ2) is 6.57. The Hall–Kier alpha value is -2.47. The zero-order valence-electron chi connectivity index (χ0n) is 14.1. The number of carbonyl (C=O) groups is 1. The Morgan fingerprint density at radius 3 is 2.67 bits per heavy atom. The van der Waals surface area contributed by atoms with E-state index in [9.17, 15) is 4.79 Å². The van der Waals surface area contributed by atoms with E-state index in [1.807, 2.05) is 51.3 Å². The first-order chi connectivity index (χ1) is 11.4. The van der Waals surface area contributed by atoms with E-state index in [0.29, 0.717) is 0 Å². The van der Waals surface area contributed by atoms with Crippen LogP contribution in [0.3, 0.4) is 0 Å². The molecule has 1 N–H and O–H groups in total. The molecule has 3 aromatic rings. The molecule has 3 rings (SSSR count). The highest BCUT2D eigenvalue weighted by Gasteiger charge is 2.13. The Bertz CT molecular complexity index is 872. The Morgan fingerprint density at radius 1 is 1.21 bits per heavy atom. The molecule has 0 fully saturated rings. The molecule has 3 aromatic heterocycles. The van der Waals surface area contributed by atoms with E-state index in [-0.39, 0.29) is 12.3 Å².